The van der Waals surface area contributed by atoms with Crippen LogP contribution in [-0.2, 0) is 16.1 Å². The molecule has 2 bridgehead atoms. The molecule has 0 spiro atoms. The summed E-state index contributed by atoms with van der Waals surface area (Å²) in [4.78, 5) is 41.3. The summed E-state index contributed by atoms with van der Waals surface area (Å²) in [5.41, 5.74) is 1.96. The fraction of sp³-hybridized carbons (Fsp3) is 0.435. The van der Waals surface area contributed by atoms with Crippen molar-refractivity contribution in [3.8, 4) is 0 Å². The first-order valence-electron chi connectivity index (χ1n) is 10.3. The van der Waals surface area contributed by atoms with E-state index in [9.17, 15) is 14.4 Å². The van der Waals surface area contributed by atoms with E-state index in [-0.39, 0.29) is 29.6 Å². The maximum atomic E-state index is 12.7. The second-order valence-electron chi connectivity index (χ2n) is 8.08. The Morgan fingerprint density at radius 2 is 1.83 bits per heavy atom. The number of para-hydroxylation sites is 1. The minimum Gasteiger partial charge on any atom is -0.312 e. The van der Waals surface area contributed by atoms with Gasteiger partial charge in [-0.1, -0.05) is 24.3 Å². The second-order valence-corrected chi connectivity index (χ2v) is 8.08. The predicted molar refractivity (Wildman–Crippen MR) is 112 cm³/mol. The molecule has 6 nitrogen and oxygen atoms in total. The Kier molecular flexibility index (Phi) is 5.62. The summed E-state index contributed by atoms with van der Waals surface area (Å²) < 4.78 is 1.89. The molecular formula is C23H27N3O3. The molecule has 2 aliphatic rings. The van der Waals surface area contributed by atoms with Crippen molar-refractivity contribution < 1.29 is 9.59 Å². The number of Topliss-reactive ketones (excluding diaryl/α,β-unsaturated/α-hetero) is 1. The maximum Gasteiger partial charge on any atom is 0.250 e. The Labute approximate surface area is 170 Å². The van der Waals surface area contributed by atoms with Crippen molar-refractivity contribution in [3.05, 3.63) is 64.6 Å². The molecule has 29 heavy (non-hydrogen) atoms. The number of ketones is 1. The van der Waals surface area contributed by atoms with E-state index in [1.807, 2.05) is 54.0 Å². The van der Waals surface area contributed by atoms with Gasteiger partial charge in [0.15, 0.2) is 5.78 Å². The number of hydrogen-bond acceptors (Lipinski definition) is 4. The molecule has 4 rings (SSSR count). The highest BCUT2D eigenvalue weighted by atomic mass is 16.2. The van der Waals surface area contributed by atoms with Gasteiger partial charge in [-0.25, -0.2) is 0 Å². The average Bonchev–Trinajstić information content (AvgIpc) is 2.70. The lowest BCUT2D eigenvalue weighted by Gasteiger charge is -2.42. The first-order valence-corrected chi connectivity index (χ1v) is 10.3. The summed E-state index contributed by atoms with van der Waals surface area (Å²) in [5.74, 6) is 0.449. The molecule has 3 heterocycles. The molecule has 6 heteroatoms. The van der Waals surface area contributed by atoms with Crippen LogP contribution in [0.2, 0.25) is 0 Å². The number of benzene rings is 1. The summed E-state index contributed by atoms with van der Waals surface area (Å²) in [7, 11) is 0. The standard InChI is InChI=1S/C23H27N3O3/c1-2-25(19-7-4-3-5-8-19)23(29)12-20(27)16-24-13-17-11-18(15-24)21-9-6-10-22(28)26(21)14-17/h3-10,17-18H,2,11-16H2,1H3. The van der Waals surface area contributed by atoms with Gasteiger partial charge < -0.3 is 9.47 Å². The molecule has 0 N–H and O–H groups in total. The van der Waals surface area contributed by atoms with Crippen molar-refractivity contribution in [1.82, 2.24) is 9.47 Å². The maximum absolute atomic E-state index is 12.7. The van der Waals surface area contributed by atoms with E-state index in [1.165, 1.54) is 0 Å². The van der Waals surface area contributed by atoms with Crippen molar-refractivity contribution in [1.29, 1.82) is 0 Å². The average molecular weight is 393 g/mol. The lowest BCUT2D eigenvalue weighted by molar-refractivity contribution is -0.127. The summed E-state index contributed by atoms with van der Waals surface area (Å²) in [6.45, 7) is 5.02. The minimum atomic E-state index is -0.155. The Balaban J connectivity index is 1.38. The number of amides is 1. The van der Waals surface area contributed by atoms with Gasteiger partial charge in [0.05, 0.1) is 13.0 Å². The van der Waals surface area contributed by atoms with Gasteiger partial charge in [-0.2, -0.15) is 0 Å². The van der Waals surface area contributed by atoms with Gasteiger partial charge >= 0.3 is 0 Å². The third kappa shape index (κ3) is 4.17. The number of hydrogen-bond donors (Lipinski definition) is 0. The molecule has 2 atom stereocenters. The van der Waals surface area contributed by atoms with Crippen molar-refractivity contribution in [3.63, 3.8) is 0 Å². The zero-order chi connectivity index (χ0) is 20.4. The van der Waals surface area contributed by atoms with E-state index in [2.05, 4.69) is 4.90 Å². The molecule has 152 valence electrons. The Morgan fingerprint density at radius 3 is 2.59 bits per heavy atom. The van der Waals surface area contributed by atoms with E-state index >= 15 is 0 Å². The van der Waals surface area contributed by atoms with Gasteiger partial charge in [0.2, 0.25) is 5.91 Å². The Bertz CT molecular complexity index is 953. The number of piperidine rings is 1. The first-order chi connectivity index (χ1) is 14.0. The molecule has 0 radical (unpaired) electrons. The summed E-state index contributed by atoms with van der Waals surface area (Å²) >= 11 is 0. The first kappa shape index (κ1) is 19.6. The molecule has 2 aromatic rings. The van der Waals surface area contributed by atoms with Crippen LogP contribution in [0.4, 0.5) is 5.69 Å². The van der Waals surface area contributed by atoms with Crippen LogP contribution >= 0.6 is 0 Å². The van der Waals surface area contributed by atoms with Crippen molar-refractivity contribution >= 4 is 17.4 Å². The minimum absolute atomic E-state index is 0.0465. The van der Waals surface area contributed by atoms with Gasteiger partial charge in [-0.15, -0.1) is 0 Å². The van der Waals surface area contributed by atoms with Gasteiger partial charge in [-0.05, 0) is 37.5 Å². The van der Waals surface area contributed by atoms with Crippen LogP contribution < -0.4 is 10.5 Å². The quantitative estimate of drug-likeness (QED) is 0.707. The van der Waals surface area contributed by atoms with Crippen LogP contribution in [0.3, 0.4) is 0 Å². The van der Waals surface area contributed by atoms with Gasteiger partial charge in [-0.3, -0.25) is 19.3 Å². The highest BCUT2D eigenvalue weighted by molar-refractivity contribution is 6.06. The molecule has 1 aromatic carbocycles. The number of pyridine rings is 1. The monoisotopic (exact) mass is 393 g/mol. The van der Waals surface area contributed by atoms with E-state index in [1.54, 1.807) is 11.0 Å². The number of rotatable bonds is 6. The number of likely N-dealkylation sites (tertiary alicyclic amines) is 1. The third-order valence-corrected chi connectivity index (χ3v) is 5.99. The normalized spacial score (nSPS) is 20.7. The van der Waals surface area contributed by atoms with Gasteiger partial charge in [0, 0.05) is 49.5 Å². The highest BCUT2D eigenvalue weighted by Gasteiger charge is 2.35. The summed E-state index contributed by atoms with van der Waals surface area (Å²) in [5, 5.41) is 0. The molecule has 0 aliphatic carbocycles. The van der Waals surface area contributed by atoms with E-state index in [4.69, 9.17) is 0 Å². The number of carbonyl (C=O) groups excluding carboxylic acids is 2. The third-order valence-electron chi connectivity index (χ3n) is 5.99. The summed E-state index contributed by atoms with van der Waals surface area (Å²) in [6.07, 6.45) is 0.981. The molecule has 2 unspecified atom stereocenters. The number of nitrogens with zero attached hydrogens (tertiary/aromatic N) is 3. The van der Waals surface area contributed by atoms with Gasteiger partial charge in [0.25, 0.3) is 5.56 Å². The second kappa shape index (κ2) is 8.33. The Morgan fingerprint density at radius 1 is 1.03 bits per heavy atom. The number of fused-ring (bicyclic) bond motifs is 4. The van der Waals surface area contributed by atoms with E-state index < -0.39 is 0 Å². The van der Waals surface area contributed by atoms with Crippen LogP contribution in [0.5, 0.6) is 0 Å². The molecule has 0 saturated carbocycles. The molecule has 1 amide bonds. The van der Waals surface area contributed by atoms with Crippen LogP contribution in [0.15, 0.2) is 53.3 Å². The fourth-order valence-corrected chi connectivity index (χ4v) is 4.80. The number of aromatic nitrogens is 1. The van der Waals surface area contributed by atoms with Gasteiger partial charge in [0.1, 0.15) is 0 Å². The molecule has 1 saturated heterocycles. The smallest absolute Gasteiger partial charge is 0.250 e. The predicted octanol–water partition coefficient (Wildman–Crippen LogP) is 2.28. The van der Waals surface area contributed by atoms with E-state index in [0.29, 0.717) is 25.6 Å². The highest BCUT2D eigenvalue weighted by Crippen LogP contribution is 2.34. The molecule has 1 aromatic heterocycles. The topological polar surface area (TPSA) is 62.6 Å². The van der Waals surface area contributed by atoms with Crippen LogP contribution in [-0.4, -0.2) is 47.3 Å². The van der Waals surface area contributed by atoms with Crippen molar-refractivity contribution in [2.75, 3.05) is 31.1 Å². The lowest BCUT2D eigenvalue weighted by Crippen LogP contribution is -2.48. The molecular weight excluding hydrogens is 366 g/mol. The zero-order valence-corrected chi connectivity index (χ0v) is 16.8. The van der Waals surface area contributed by atoms with Crippen LogP contribution in [0, 0.1) is 5.92 Å². The van der Waals surface area contributed by atoms with Crippen LogP contribution in [0.1, 0.15) is 31.4 Å². The zero-order valence-electron chi connectivity index (χ0n) is 16.8. The SMILES string of the molecule is CCN(C(=O)CC(=O)CN1CC2CC(C1)c1cccc(=O)n1C2)c1ccccc1. The Hall–Kier alpha value is -2.73. The molecule has 2 aliphatic heterocycles. The fourth-order valence-electron chi connectivity index (χ4n) is 4.80. The van der Waals surface area contributed by atoms with E-state index in [0.717, 1.165) is 30.9 Å². The van der Waals surface area contributed by atoms with Crippen molar-refractivity contribution in [2.24, 2.45) is 5.92 Å². The van der Waals surface area contributed by atoms with Crippen molar-refractivity contribution in [2.45, 2.75) is 32.2 Å². The summed E-state index contributed by atoms with van der Waals surface area (Å²) in [6, 6.07) is 14.9. The number of anilines is 1. The van der Waals surface area contributed by atoms with Crippen LogP contribution in [0.25, 0.3) is 0 Å². The number of carbonyl (C=O) groups is 2. The largest absolute Gasteiger partial charge is 0.312 e. The molecule has 1 fully saturated rings. The lowest BCUT2D eigenvalue weighted by atomic mass is 9.83.